The molecule has 0 atom stereocenters. The fourth-order valence-corrected chi connectivity index (χ4v) is 3.60. The molecule has 5 nitrogen and oxygen atoms in total. The lowest BCUT2D eigenvalue weighted by atomic mass is 10.1. The number of aryl methyl sites for hydroxylation is 1. The molecule has 1 amide bonds. The van der Waals surface area contributed by atoms with E-state index in [9.17, 15) is 18.0 Å². The molecule has 32 heavy (non-hydrogen) atoms. The minimum Gasteiger partial charge on any atom is -0.489 e. The molecule has 3 aromatic rings. The van der Waals surface area contributed by atoms with E-state index in [0.29, 0.717) is 24.3 Å². The van der Waals surface area contributed by atoms with Crippen molar-refractivity contribution >= 4 is 33.4 Å². The lowest BCUT2D eigenvalue weighted by Gasteiger charge is -2.09. The van der Waals surface area contributed by atoms with Gasteiger partial charge in [0, 0.05) is 23.1 Å². The minimum atomic E-state index is -4.60. The van der Waals surface area contributed by atoms with Crippen molar-refractivity contribution in [2.24, 2.45) is 0 Å². The summed E-state index contributed by atoms with van der Waals surface area (Å²) in [6, 6.07) is 14.5. The Morgan fingerprint density at radius 3 is 2.66 bits per heavy atom. The summed E-state index contributed by atoms with van der Waals surface area (Å²) in [5.41, 5.74) is 0.447. The van der Waals surface area contributed by atoms with Crippen LogP contribution in [0.1, 0.15) is 33.7 Å². The predicted octanol–water partition coefficient (Wildman–Crippen LogP) is 6.03. The molecule has 0 unspecified atom stereocenters. The van der Waals surface area contributed by atoms with Crippen molar-refractivity contribution in [3.8, 4) is 5.75 Å². The van der Waals surface area contributed by atoms with Gasteiger partial charge < -0.3 is 10.1 Å². The zero-order valence-electron chi connectivity index (χ0n) is 17.0. The van der Waals surface area contributed by atoms with Crippen molar-refractivity contribution in [1.82, 2.24) is 15.1 Å². The molecular formula is C22H20BrClF3N3O2. The Morgan fingerprint density at radius 2 is 1.97 bits per heavy atom. The maximum absolute atomic E-state index is 12.9. The van der Waals surface area contributed by atoms with Gasteiger partial charge in [-0.15, -0.1) is 0 Å². The van der Waals surface area contributed by atoms with Crippen LogP contribution in [0.4, 0.5) is 13.2 Å². The van der Waals surface area contributed by atoms with Gasteiger partial charge in [0.05, 0.1) is 10.7 Å². The Balaban J connectivity index is 1.51. The van der Waals surface area contributed by atoms with E-state index < -0.39 is 16.9 Å². The second kappa shape index (κ2) is 10.4. The quantitative estimate of drug-likeness (QED) is 0.362. The number of alkyl halides is 3. The molecule has 3 rings (SSSR count). The molecule has 0 aliphatic rings. The highest BCUT2D eigenvalue weighted by molar-refractivity contribution is 9.10. The van der Waals surface area contributed by atoms with E-state index in [1.165, 1.54) is 11.6 Å². The number of rotatable bonds is 8. The standard InChI is InChI=1S/C22H20BrClF3N3O2/c1-14-19(24)20(22(25,26)27)29-30(14)10-4-9-28-21(31)16-6-2-5-15(11-16)13-32-18-8-3-7-17(23)12-18/h2-3,5-8,11-12H,4,9-10,13H2,1H3,(H,28,31). The Morgan fingerprint density at radius 1 is 1.22 bits per heavy atom. The van der Waals surface area contributed by atoms with Crippen LogP contribution in [0.3, 0.4) is 0 Å². The third kappa shape index (κ3) is 6.26. The summed E-state index contributed by atoms with van der Waals surface area (Å²) < 4.78 is 46.5. The van der Waals surface area contributed by atoms with Gasteiger partial charge in [-0.25, -0.2) is 0 Å². The van der Waals surface area contributed by atoms with Crippen LogP contribution in [-0.4, -0.2) is 22.2 Å². The monoisotopic (exact) mass is 529 g/mol. The molecule has 0 saturated heterocycles. The summed E-state index contributed by atoms with van der Waals surface area (Å²) in [5, 5.41) is 5.91. The van der Waals surface area contributed by atoms with Gasteiger partial charge in [-0.1, -0.05) is 45.7 Å². The van der Waals surface area contributed by atoms with E-state index >= 15 is 0 Å². The molecule has 1 N–H and O–H groups in total. The molecule has 0 fully saturated rings. The highest BCUT2D eigenvalue weighted by atomic mass is 79.9. The zero-order valence-corrected chi connectivity index (χ0v) is 19.4. The van der Waals surface area contributed by atoms with Crippen molar-refractivity contribution in [3.63, 3.8) is 0 Å². The number of benzene rings is 2. The van der Waals surface area contributed by atoms with Gasteiger partial charge in [0.15, 0.2) is 5.69 Å². The van der Waals surface area contributed by atoms with Gasteiger partial charge in [0.2, 0.25) is 0 Å². The van der Waals surface area contributed by atoms with Gasteiger partial charge in [-0.3, -0.25) is 9.48 Å². The average Bonchev–Trinajstić information content (AvgIpc) is 3.04. The van der Waals surface area contributed by atoms with Gasteiger partial charge in [0.1, 0.15) is 12.4 Å². The van der Waals surface area contributed by atoms with E-state index in [4.69, 9.17) is 16.3 Å². The van der Waals surface area contributed by atoms with E-state index in [-0.39, 0.29) is 24.7 Å². The molecular weight excluding hydrogens is 511 g/mol. The van der Waals surface area contributed by atoms with Crippen molar-refractivity contribution < 1.29 is 22.7 Å². The van der Waals surface area contributed by atoms with Crippen LogP contribution in [0.2, 0.25) is 5.02 Å². The Labute approximate surface area is 196 Å². The number of hydrogen-bond acceptors (Lipinski definition) is 3. The fourth-order valence-electron chi connectivity index (χ4n) is 2.98. The first-order valence-corrected chi connectivity index (χ1v) is 10.9. The number of carbonyl (C=O) groups is 1. The molecule has 0 aliphatic heterocycles. The number of nitrogens with one attached hydrogen (secondary N) is 1. The minimum absolute atomic E-state index is 0.197. The molecule has 10 heteroatoms. The summed E-state index contributed by atoms with van der Waals surface area (Å²) >= 11 is 9.13. The molecule has 2 aromatic carbocycles. The second-order valence-electron chi connectivity index (χ2n) is 7.02. The van der Waals surface area contributed by atoms with Crippen LogP contribution in [0.15, 0.2) is 53.0 Å². The molecule has 0 radical (unpaired) electrons. The van der Waals surface area contributed by atoms with Gasteiger partial charge in [-0.2, -0.15) is 18.3 Å². The average molecular weight is 531 g/mol. The molecule has 1 aromatic heterocycles. The van der Waals surface area contributed by atoms with Crippen molar-refractivity contribution in [1.29, 1.82) is 0 Å². The largest absolute Gasteiger partial charge is 0.489 e. The topological polar surface area (TPSA) is 56.2 Å². The number of amides is 1. The number of halogens is 5. The lowest BCUT2D eigenvalue weighted by molar-refractivity contribution is -0.141. The van der Waals surface area contributed by atoms with Crippen LogP contribution >= 0.6 is 27.5 Å². The van der Waals surface area contributed by atoms with E-state index in [0.717, 1.165) is 10.0 Å². The predicted molar refractivity (Wildman–Crippen MR) is 119 cm³/mol. The van der Waals surface area contributed by atoms with Crippen LogP contribution in [0, 0.1) is 6.92 Å². The Bertz CT molecular complexity index is 1100. The third-order valence-corrected chi connectivity index (χ3v) is 5.57. The zero-order chi connectivity index (χ0) is 23.3. The number of nitrogens with zero attached hydrogens (tertiary/aromatic N) is 2. The van der Waals surface area contributed by atoms with Gasteiger partial charge in [-0.05, 0) is 49.2 Å². The van der Waals surface area contributed by atoms with Crippen molar-refractivity contribution in [2.75, 3.05) is 6.54 Å². The van der Waals surface area contributed by atoms with Crippen molar-refractivity contribution in [2.45, 2.75) is 32.7 Å². The molecule has 1 heterocycles. The summed E-state index contributed by atoms with van der Waals surface area (Å²) in [6.07, 6.45) is -4.21. The Hall–Kier alpha value is -2.52. The van der Waals surface area contributed by atoms with Crippen LogP contribution < -0.4 is 10.1 Å². The van der Waals surface area contributed by atoms with Gasteiger partial charge in [0.25, 0.3) is 5.91 Å². The molecule has 0 aliphatic carbocycles. The van der Waals surface area contributed by atoms with E-state index in [1.807, 2.05) is 30.3 Å². The maximum atomic E-state index is 12.9. The molecule has 170 valence electrons. The normalized spacial score (nSPS) is 11.4. The lowest BCUT2D eigenvalue weighted by Crippen LogP contribution is -2.25. The highest BCUT2D eigenvalue weighted by Gasteiger charge is 2.38. The van der Waals surface area contributed by atoms with Gasteiger partial charge >= 0.3 is 6.18 Å². The first-order chi connectivity index (χ1) is 15.1. The number of ether oxygens (including phenoxy) is 1. The van der Waals surface area contributed by atoms with Crippen LogP contribution in [0.5, 0.6) is 5.75 Å². The number of aromatic nitrogens is 2. The highest BCUT2D eigenvalue weighted by Crippen LogP contribution is 2.35. The summed E-state index contributed by atoms with van der Waals surface area (Å²) in [7, 11) is 0. The number of hydrogen-bond donors (Lipinski definition) is 1. The summed E-state index contributed by atoms with van der Waals surface area (Å²) in [4.78, 5) is 12.4. The summed E-state index contributed by atoms with van der Waals surface area (Å²) in [5.74, 6) is 0.428. The third-order valence-electron chi connectivity index (χ3n) is 4.62. The fraction of sp³-hybridized carbons (Fsp3) is 0.273. The number of carbonyl (C=O) groups excluding carboxylic acids is 1. The summed E-state index contributed by atoms with van der Waals surface area (Å²) in [6.45, 7) is 2.25. The molecule has 0 spiro atoms. The molecule has 0 bridgehead atoms. The smallest absolute Gasteiger partial charge is 0.436 e. The van der Waals surface area contributed by atoms with Crippen molar-refractivity contribution in [3.05, 3.63) is 80.5 Å². The van der Waals surface area contributed by atoms with E-state index in [1.54, 1.807) is 18.2 Å². The van der Waals surface area contributed by atoms with Crippen LogP contribution in [0.25, 0.3) is 0 Å². The maximum Gasteiger partial charge on any atom is 0.436 e. The molecule has 0 saturated carbocycles. The Kier molecular flexibility index (Phi) is 7.84. The first-order valence-electron chi connectivity index (χ1n) is 9.71. The van der Waals surface area contributed by atoms with Crippen LogP contribution in [-0.2, 0) is 19.3 Å². The van der Waals surface area contributed by atoms with E-state index in [2.05, 4.69) is 26.3 Å². The second-order valence-corrected chi connectivity index (χ2v) is 8.32. The SMILES string of the molecule is Cc1c(Cl)c(C(F)(F)F)nn1CCCNC(=O)c1cccc(COc2cccc(Br)c2)c1. The first kappa shape index (κ1) is 24.1.